The summed E-state index contributed by atoms with van der Waals surface area (Å²) in [7, 11) is -2.45. The number of methoxy groups -OCH3 is 1. The van der Waals surface area contributed by atoms with Gasteiger partial charge in [0.2, 0.25) is 0 Å². The molecule has 2 bridgehead atoms. The van der Waals surface area contributed by atoms with Gasteiger partial charge in [-0.2, -0.15) is 8.42 Å². The lowest BCUT2D eigenvalue weighted by Crippen LogP contribution is -2.46. The van der Waals surface area contributed by atoms with Crippen molar-refractivity contribution in [1.29, 1.82) is 0 Å². The van der Waals surface area contributed by atoms with Crippen LogP contribution in [0.15, 0.2) is 0 Å². The largest absolute Gasteiger partial charge is 0.469 e. The molecule has 3 heterocycles. The highest BCUT2D eigenvalue weighted by Crippen LogP contribution is 2.52. The number of ether oxygens (including phenoxy) is 2. The number of alkyl halides is 1. The SMILES string of the molecule is COC(=O)C1C2OC3C(OS(=O)(=O)C31)C2I. The Morgan fingerprint density at radius 2 is 2.00 bits per heavy atom. The van der Waals surface area contributed by atoms with E-state index in [4.69, 9.17) is 8.92 Å². The molecule has 0 aromatic heterocycles. The molecule has 3 rings (SSSR count). The van der Waals surface area contributed by atoms with Crippen molar-refractivity contribution < 1.29 is 26.9 Å². The van der Waals surface area contributed by atoms with E-state index in [2.05, 4.69) is 27.3 Å². The predicted molar refractivity (Wildman–Crippen MR) is 59.6 cm³/mol. The summed E-state index contributed by atoms with van der Waals surface area (Å²) in [6.07, 6.45) is -1.37. The zero-order valence-corrected chi connectivity index (χ0v) is 11.2. The van der Waals surface area contributed by atoms with Crippen molar-refractivity contribution in [1.82, 2.24) is 0 Å². The van der Waals surface area contributed by atoms with Gasteiger partial charge in [0.15, 0.2) is 0 Å². The van der Waals surface area contributed by atoms with Gasteiger partial charge in [-0.05, 0) is 0 Å². The number of rotatable bonds is 1. The van der Waals surface area contributed by atoms with E-state index in [0.29, 0.717) is 0 Å². The van der Waals surface area contributed by atoms with Crippen molar-refractivity contribution >= 4 is 38.7 Å². The van der Waals surface area contributed by atoms with Crippen molar-refractivity contribution in [3.63, 3.8) is 0 Å². The molecular weight excluding hydrogens is 351 g/mol. The summed E-state index contributed by atoms with van der Waals surface area (Å²) < 4.78 is 38.5. The summed E-state index contributed by atoms with van der Waals surface area (Å²) in [6.45, 7) is 0. The Labute approximate surface area is 106 Å². The summed E-state index contributed by atoms with van der Waals surface area (Å²) in [4.78, 5) is 11.6. The van der Waals surface area contributed by atoms with Crippen molar-refractivity contribution in [3.8, 4) is 0 Å². The predicted octanol–water partition coefficient (Wildman–Crippen LogP) is -0.543. The third kappa shape index (κ3) is 1.18. The molecule has 0 spiro atoms. The molecule has 0 aliphatic carbocycles. The number of hydrogen-bond acceptors (Lipinski definition) is 6. The summed E-state index contributed by atoms with van der Waals surface area (Å²) in [6, 6.07) is 0. The molecule has 6 atom stereocenters. The summed E-state index contributed by atoms with van der Waals surface area (Å²) >= 11 is 2.07. The van der Waals surface area contributed by atoms with Gasteiger partial charge in [-0.3, -0.25) is 8.98 Å². The molecule has 8 heteroatoms. The molecule has 0 N–H and O–H groups in total. The van der Waals surface area contributed by atoms with Crippen LogP contribution in [0.4, 0.5) is 0 Å². The average Bonchev–Trinajstić information content (AvgIpc) is 2.80. The van der Waals surface area contributed by atoms with Gasteiger partial charge in [0.05, 0.1) is 17.1 Å². The maximum Gasteiger partial charge on any atom is 0.312 e. The molecule has 90 valence electrons. The van der Waals surface area contributed by atoms with Gasteiger partial charge >= 0.3 is 5.97 Å². The fraction of sp³-hybridized carbons (Fsp3) is 0.875. The van der Waals surface area contributed by atoms with Crippen LogP contribution < -0.4 is 0 Å². The fourth-order valence-corrected chi connectivity index (χ4v) is 5.93. The minimum Gasteiger partial charge on any atom is -0.469 e. The Morgan fingerprint density at radius 3 is 2.62 bits per heavy atom. The normalized spacial score (nSPS) is 51.9. The summed E-state index contributed by atoms with van der Waals surface area (Å²) in [5.41, 5.74) is 0. The Balaban J connectivity index is 2.07. The van der Waals surface area contributed by atoms with Gasteiger partial charge in [-0.1, -0.05) is 22.6 Å². The first kappa shape index (κ1) is 11.2. The van der Waals surface area contributed by atoms with Crippen LogP contribution in [0.25, 0.3) is 0 Å². The lowest BCUT2D eigenvalue weighted by atomic mass is 9.87. The van der Waals surface area contributed by atoms with Crippen LogP contribution in [0.3, 0.4) is 0 Å². The van der Waals surface area contributed by atoms with Crippen LogP contribution in [0.2, 0.25) is 0 Å². The van der Waals surface area contributed by atoms with E-state index >= 15 is 0 Å². The van der Waals surface area contributed by atoms with Crippen molar-refractivity contribution in [3.05, 3.63) is 0 Å². The quantitative estimate of drug-likeness (QED) is 0.271. The van der Waals surface area contributed by atoms with Crippen LogP contribution >= 0.6 is 22.6 Å². The van der Waals surface area contributed by atoms with E-state index in [0.717, 1.165) is 0 Å². The number of halogens is 1. The highest BCUT2D eigenvalue weighted by molar-refractivity contribution is 14.1. The topological polar surface area (TPSA) is 78.9 Å². The zero-order chi connectivity index (χ0) is 11.7. The van der Waals surface area contributed by atoms with Crippen LogP contribution in [0, 0.1) is 5.92 Å². The smallest absolute Gasteiger partial charge is 0.312 e. The minimum absolute atomic E-state index is 0.125. The second-order valence-electron chi connectivity index (χ2n) is 4.08. The van der Waals surface area contributed by atoms with Gasteiger partial charge in [0, 0.05) is 0 Å². The molecule has 16 heavy (non-hydrogen) atoms. The standard InChI is InChI=1S/C8H9IO6S/c1-13-8(10)2-4-3(9)5-6(14-4)7(2)16(11,12)15-5/h2-7H,1H3. The number of esters is 1. The zero-order valence-electron chi connectivity index (χ0n) is 8.20. The van der Waals surface area contributed by atoms with E-state index in [1.165, 1.54) is 7.11 Å². The van der Waals surface area contributed by atoms with Crippen LogP contribution in [0.1, 0.15) is 0 Å². The van der Waals surface area contributed by atoms with Crippen LogP contribution in [-0.4, -0.2) is 49.0 Å². The number of carbonyl (C=O) groups excluding carboxylic acids is 1. The number of fused-ring (bicyclic) bond motifs is 1. The summed E-state index contributed by atoms with van der Waals surface area (Å²) in [5.74, 6) is -1.28. The highest BCUT2D eigenvalue weighted by atomic mass is 127. The first-order chi connectivity index (χ1) is 7.47. The van der Waals surface area contributed by atoms with Crippen LogP contribution in [-0.2, 0) is 28.6 Å². The van der Waals surface area contributed by atoms with Gasteiger partial charge < -0.3 is 9.47 Å². The fourth-order valence-electron chi connectivity index (χ4n) is 2.72. The lowest BCUT2D eigenvalue weighted by Gasteiger charge is -2.22. The molecule has 3 saturated heterocycles. The first-order valence-electron chi connectivity index (χ1n) is 4.77. The summed E-state index contributed by atoms with van der Waals surface area (Å²) in [5, 5.41) is -0.888. The van der Waals surface area contributed by atoms with Crippen LogP contribution in [0.5, 0.6) is 0 Å². The molecule has 0 saturated carbocycles. The van der Waals surface area contributed by atoms with Crippen molar-refractivity contribution in [2.24, 2.45) is 5.92 Å². The molecule has 6 nitrogen and oxygen atoms in total. The minimum atomic E-state index is -3.70. The molecule has 3 aliphatic heterocycles. The molecular formula is C8H9IO6S. The maximum atomic E-state index is 11.7. The highest BCUT2D eigenvalue weighted by Gasteiger charge is 2.71. The first-order valence-corrected chi connectivity index (χ1v) is 7.48. The van der Waals surface area contributed by atoms with Gasteiger partial charge in [0.25, 0.3) is 10.1 Å². The third-order valence-electron chi connectivity index (χ3n) is 3.35. The Morgan fingerprint density at radius 1 is 1.31 bits per heavy atom. The Bertz CT molecular complexity index is 447. The molecule has 0 aromatic rings. The van der Waals surface area contributed by atoms with E-state index in [1.807, 2.05) is 0 Å². The monoisotopic (exact) mass is 360 g/mol. The van der Waals surface area contributed by atoms with Gasteiger partial charge in [-0.15, -0.1) is 0 Å². The molecule has 3 aliphatic rings. The second kappa shape index (κ2) is 3.30. The molecule has 0 amide bonds. The van der Waals surface area contributed by atoms with Crippen molar-refractivity contribution in [2.75, 3.05) is 7.11 Å². The number of carbonyl (C=O) groups is 1. The van der Waals surface area contributed by atoms with E-state index in [1.54, 1.807) is 0 Å². The maximum absolute atomic E-state index is 11.7. The molecule has 0 radical (unpaired) electrons. The van der Waals surface area contributed by atoms with E-state index in [9.17, 15) is 13.2 Å². The van der Waals surface area contributed by atoms with E-state index in [-0.39, 0.29) is 3.92 Å². The average molecular weight is 360 g/mol. The Kier molecular flexibility index (Phi) is 2.30. The van der Waals surface area contributed by atoms with Gasteiger partial charge in [0.1, 0.15) is 23.4 Å². The molecule has 3 fully saturated rings. The molecule has 0 aromatic carbocycles. The third-order valence-corrected chi connectivity index (χ3v) is 6.49. The van der Waals surface area contributed by atoms with Crippen molar-refractivity contribution in [2.45, 2.75) is 27.5 Å². The van der Waals surface area contributed by atoms with E-state index < -0.39 is 45.6 Å². The van der Waals surface area contributed by atoms with Gasteiger partial charge in [-0.25, -0.2) is 0 Å². The lowest BCUT2D eigenvalue weighted by molar-refractivity contribution is -0.146. The molecule has 6 unspecified atom stereocenters. The Hall–Kier alpha value is 0.0700. The number of hydrogen-bond donors (Lipinski definition) is 0. The second-order valence-corrected chi connectivity index (χ2v) is 7.24.